The summed E-state index contributed by atoms with van der Waals surface area (Å²) in [7, 11) is 0. The second kappa shape index (κ2) is 3.47. The molecule has 2 heteroatoms. The van der Waals surface area contributed by atoms with Crippen LogP contribution in [0.1, 0.15) is 6.92 Å². The highest BCUT2D eigenvalue weighted by atomic mass is 35.5. The van der Waals surface area contributed by atoms with Crippen LogP contribution in [0.25, 0.3) is 0 Å². The first kappa shape index (κ1) is 7.42. The van der Waals surface area contributed by atoms with E-state index in [1.54, 1.807) is 6.92 Å². The number of hydrogen-bond donors (Lipinski definition) is 0. The smallest absolute Gasteiger partial charge is 0.169 e. The molecule has 1 aromatic carbocycles. The quantitative estimate of drug-likeness (QED) is 0.599. The van der Waals surface area contributed by atoms with Gasteiger partial charge in [-0.25, -0.2) is 0 Å². The van der Waals surface area contributed by atoms with E-state index < -0.39 is 0 Å². The molecule has 0 saturated carbocycles. The Morgan fingerprint density at radius 2 is 1.90 bits per heavy atom. The van der Waals surface area contributed by atoms with Crippen molar-refractivity contribution < 1.29 is 4.74 Å². The van der Waals surface area contributed by atoms with Gasteiger partial charge in [-0.1, -0.05) is 29.8 Å². The predicted molar refractivity (Wildman–Crippen MR) is 42.4 cm³/mol. The molecular formula is C8H9ClO. The van der Waals surface area contributed by atoms with Crippen LogP contribution in [-0.2, 0) is 0 Å². The highest BCUT2D eigenvalue weighted by Gasteiger charge is 1.95. The zero-order valence-corrected chi connectivity index (χ0v) is 6.51. The van der Waals surface area contributed by atoms with Crippen molar-refractivity contribution in [3.05, 3.63) is 30.3 Å². The number of benzene rings is 1. The molecule has 0 aromatic heterocycles. The van der Waals surface area contributed by atoms with Gasteiger partial charge in [-0.05, 0) is 19.1 Å². The summed E-state index contributed by atoms with van der Waals surface area (Å²) in [5, 5.41) is 0. The highest BCUT2D eigenvalue weighted by Crippen LogP contribution is 2.11. The Balaban J connectivity index is 2.59. The molecule has 0 saturated heterocycles. The van der Waals surface area contributed by atoms with Crippen LogP contribution in [0.15, 0.2) is 30.3 Å². The molecule has 1 aromatic rings. The summed E-state index contributed by atoms with van der Waals surface area (Å²) in [5.74, 6) is 0.810. The van der Waals surface area contributed by atoms with Crippen molar-refractivity contribution in [2.45, 2.75) is 12.5 Å². The zero-order chi connectivity index (χ0) is 7.40. The van der Waals surface area contributed by atoms with Gasteiger partial charge in [-0.3, -0.25) is 0 Å². The molecule has 0 aliphatic carbocycles. The SMILES string of the molecule is CC(Cl)Oc1ccccc1. The Hall–Kier alpha value is -0.690. The number of para-hydroxylation sites is 1. The first-order chi connectivity index (χ1) is 4.79. The van der Waals surface area contributed by atoms with Crippen LogP contribution in [0.2, 0.25) is 0 Å². The minimum Gasteiger partial charge on any atom is -0.475 e. The van der Waals surface area contributed by atoms with E-state index >= 15 is 0 Å². The van der Waals surface area contributed by atoms with Crippen molar-refractivity contribution in [2.24, 2.45) is 0 Å². The summed E-state index contributed by atoms with van der Waals surface area (Å²) in [6, 6.07) is 9.51. The number of ether oxygens (including phenoxy) is 1. The normalized spacial score (nSPS) is 12.6. The van der Waals surface area contributed by atoms with Crippen LogP contribution in [0.5, 0.6) is 5.75 Å². The lowest BCUT2D eigenvalue weighted by molar-refractivity contribution is 0.301. The minimum atomic E-state index is -0.262. The second-order valence-electron chi connectivity index (χ2n) is 1.97. The summed E-state index contributed by atoms with van der Waals surface area (Å²) >= 11 is 5.59. The van der Waals surface area contributed by atoms with Gasteiger partial charge < -0.3 is 4.74 Å². The Morgan fingerprint density at radius 1 is 1.30 bits per heavy atom. The second-order valence-corrected chi connectivity index (χ2v) is 2.59. The molecular weight excluding hydrogens is 148 g/mol. The van der Waals surface area contributed by atoms with E-state index in [1.165, 1.54) is 0 Å². The van der Waals surface area contributed by atoms with Crippen LogP contribution in [-0.4, -0.2) is 5.56 Å². The first-order valence-corrected chi connectivity index (χ1v) is 3.58. The van der Waals surface area contributed by atoms with Gasteiger partial charge in [0.05, 0.1) is 0 Å². The lowest BCUT2D eigenvalue weighted by Gasteiger charge is -2.05. The predicted octanol–water partition coefficient (Wildman–Crippen LogP) is 2.65. The van der Waals surface area contributed by atoms with E-state index in [1.807, 2.05) is 30.3 Å². The Bertz CT molecular complexity index is 184. The molecule has 0 amide bonds. The first-order valence-electron chi connectivity index (χ1n) is 3.15. The molecule has 10 heavy (non-hydrogen) atoms. The largest absolute Gasteiger partial charge is 0.475 e. The van der Waals surface area contributed by atoms with E-state index in [0.717, 1.165) is 5.75 Å². The van der Waals surface area contributed by atoms with Crippen LogP contribution >= 0.6 is 11.6 Å². The maximum atomic E-state index is 5.59. The highest BCUT2D eigenvalue weighted by molar-refractivity contribution is 6.19. The molecule has 0 bridgehead atoms. The standard InChI is InChI=1S/C8H9ClO/c1-7(9)10-8-5-3-2-4-6-8/h2-7H,1H3. The van der Waals surface area contributed by atoms with Crippen molar-refractivity contribution in [1.29, 1.82) is 0 Å². The van der Waals surface area contributed by atoms with Gasteiger partial charge in [-0.2, -0.15) is 0 Å². The molecule has 0 heterocycles. The van der Waals surface area contributed by atoms with Crippen molar-refractivity contribution in [2.75, 3.05) is 0 Å². The maximum absolute atomic E-state index is 5.59. The zero-order valence-electron chi connectivity index (χ0n) is 5.75. The van der Waals surface area contributed by atoms with Crippen molar-refractivity contribution in [3.8, 4) is 5.75 Å². The number of alkyl halides is 1. The van der Waals surface area contributed by atoms with Gasteiger partial charge in [0.25, 0.3) is 0 Å². The van der Waals surface area contributed by atoms with Gasteiger partial charge in [0.2, 0.25) is 0 Å². The lowest BCUT2D eigenvalue weighted by Crippen LogP contribution is -2.01. The monoisotopic (exact) mass is 156 g/mol. The third kappa shape index (κ3) is 2.28. The van der Waals surface area contributed by atoms with Crippen LogP contribution in [0, 0.1) is 0 Å². The van der Waals surface area contributed by atoms with E-state index in [0.29, 0.717) is 0 Å². The molecule has 1 rings (SSSR count). The third-order valence-electron chi connectivity index (χ3n) is 1.04. The average Bonchev–Trinajstić information content (AvgIpc) is 1.88. The molecule has 0 radical (unpaired) electrons. The average molecular weight is 157 g/mol. The molecule has 0 aliphatic heterocycles. The van der Waals surface area contributed by atoms with Crippen LogP contribution < -0.4 is 4.74 Å². The molecule has 54 valence electrons. The molecule has 1 unspecified atom stereocenters. The van der Waals surface area contributed by atoms with E-state index in [4.69, 9.17) is 16.3 Å². The fraction of sp³-hybridized carbons (Fsp3) is 0.250. The Morgan fingerprint density at radius 3 is 2.40 bits per heavy atom. The molecule has 0 N–H and O–H groups in total. The summed E-state index contributed by atoms with van der Waals surface area (Å²) in [5.41, 5.74) is -0.262. The molecule has 0 fully saturated rings. The van der Waals surface area contributed by atoms with E-state index in [-0.39, 0.29) is 5.56 Å². The minimum absolute atomic E-state index is 0.262. The number of rotatable bonds is 2. The van der Waals surface area contributed by atoms with Crippen molar-refractivity contribution in [3.63, 3.8) is 0 Å². The van der Waals surface area contributed by atoms with Gasteiger partial charge >= 0.3 is 0 Å². The number of halogens is 1. The fourth-order valence-electron chi connectivity index (χ4n) is 0.687. The Kier molecular flexibility index (Phi) is 2.57. The summed E-state index contributed by atoms with van der Waals surface area (Å²) < 4.78 is 5.18. The molecule has 0 aliphatic rings. The van der Waals surface area contributed by atoms with Gasteiger partial charge in [0, 0.05) is 0 Å². The van der Waals surface area contributed by atoms with E-state index in [9.17, 15) is 0 Å². The third-order valence-corrected chi connectivity index (χ3v) is 1.13. The lowest BCUT2D eigenvalue weighted by atomic mass is 10.3. The summed E-state index contributed by atoms with van der Waals surface area (Å²) in [6.45, 7) is 1.79. The molecule has 1 nitrogen and oxygen atoms in total. The number of hydrogen-bond acceptors (Lipinski definition) is 1. The summed E-state index contributed by atoms with van der Waals surface area (Å²) in [6.07, 6.45) is 0. The Labute approximate surface area is 65.6 Å². The van der Waals surface area contributed by atoms with Crippen LogP contribution in [0.3, 0.4) is 0 Å². The maximum Gasteiger partial charge on any atom is 0.169 e. The fourth-order valence-corrected chi connectivity index (χ4v) is 0.789. The topological polar surface area (TPSA) is 9.23 Å². The van der Waals surface area contributed by atoms with Gasteiger partial charge in [-0.15, -0.1) is 0 Å². The molecule has 1 atom stereocenters. The molecule has 0 spiro atoms. The van der Waals surface area contributed by atoms with E-state index in [2.05, 4.69) is 0 Å². The van der Waals surface area contributed by atoms with Gasteiger partial charge in [0.1, 0.15) is 5.75 Å². The van der Waals surface area contributed by atoms with Crippen molar-refractivity contribution in [1.82, 2.24) is 0 Å². The van der Waals surface area contributed by atoms with Crippen molar-refractivity contribution >= 4 is 11.6 Å². The van der Waals surface area contributed by atoms with Gasteiger partial charge in [0.15, 0.2) is 5.56 Å². The summed E-state index contributed by atoms with van der Waals surface area (Å²) in [4.78, 5) is 0. The van der Waals surface area contributed by atoms with Crippen LogP contribution in [0.4, 0.5) is 0 Å².